The number of hydrogen-bond acceptors (Lipinski definition) is 4. The molecule has 0 aliphatic carbocycles. The van der Waals surface area contributed by atoms with E-state index < -0.39 is 0 Å². The van der Waals surface area contributed by atoms with Crippen molar-refractivity contribution < 1.29 is 9.47 Å². The number of rotatable bonds is 9. The Morgan fingerprint density at radius 3 is 2.68 bits per heavy atom. The van der Waals surface area contributed by atoms with Crippen molar-refractivity contribution in [3.05, 3.63) is 54.4 Å². The predicted octanol–water partition coefficient (Wildman–Crippen LogP) is 4.26. The van der Waals surface area contributed by atoms with E-state index >= 15 is 0 Å². The zero-order valence-electron chi connectivity index (χ0n) is 14.8. The second kappa shape index (κ2) is 8.65. The lowest BCUT2D eigenvalue weighted by Crippen LogP contribution is -2.17. The molecule has 0 saturated carbocycles. The summed E-state index contributed by atoms with van der Waals surface area (Å²) in [5.74, 6) is 1.63. The molecule has 1 aromatic heterocycles. The van der Waals surface area contributed by atoms with Gasteiger partial charge in [0.1, 0.15) is 11.5 Å². The highest BCUT2D eigenvalue weighted by Gasteiger charge is 2.02. The van der Waals surface area contributed by atoms with Gasteiger partial charge >= 0.3 is 0 Å². The maximum Gasteiger partial charge on any atom is 0.129 e. The molecule has 5 nitrogen and oxygen atoms in total. The van der Waals surface area contributed by atoms with E-state index in [4.69, 9.17) is 9.47 Å². The summed E-state index contributed by atoms with van der Waals surface area (Å²) in [4.78, 5) is 7.30. The molecule has 2 aromatic carbocycles. The Morgan fingerprint density at radius 1 is 1.08 bits per heavy atom. The topological polar surface area (TPSA) is 59.2 Å². The van der Waals surface area contributed by atoms with Crippen molar-refractivity contribution in [3.63, 3.8) is 0 Å². The summed E-state index contributed by atoms with van der Waals surface area (Å²) in [5, 5.41) is 3.43. The van der Waals surface area contributed by atoms with Gasteiger partial charge in [0.15, 0.2) is 0 Å². The van der Waals surface area contributed by atoms with E-state index in [9.17, 15) is 0 Å². The van der Waals surface area contributed by atoms with E-state index in [2.05, 4.69) is 41.3 Å². The molecule has 1 heterocycles. The van der Waals surface area contributed by atoms with E-state index in [1.165, 1.54) is 5.56 Å². The van der Waals surface area contributed by atoms with Crippen LogP contribution >= 0.6 is 0 Å². The van der Waals surface area contributed by atoms with E-state index in [1.54, 1.807) is 6.33 Å². The van der Waals surface area contributed by atoms with Crippen LogP contribution in [0, 0.1) is 0 Å². The summed E-state index contributed by atoms with van der Waals surface area (Å²) in [6.45, 7) is 6.73. The van der Waals surface area contributed by atoms with Gasteiger partial charge in [-0.05, 0) is 56.6 Å². The molecule has 0 atom stereocenters. The number of hydrogen-bond donors (Lipinski definition) is 2. The Kier molecular flexibility index (Phi) is 6.04. The van der Waals surface area contributed by atoms with Crippen molar-refractivity contribution in [2.24, 2.45) is 0 Å². The lowest BCUT2D eigenvalue weighted by molar-refractivity contribution is 0.0770. The number of benzene rings is 2. The minimum absolute atomic E-state index is 0.307. The van der Waals surface area contributed by atoms with Gasteiger partial charge in [-0.25, -0.2) is 4.98 Å². The van der Waals surface area contributed by atoms with E-state index in [-0.39, 0.29) is 0 Å². The number of ether oxygens (including phenoxy) is 2. The average molecular weight is 339 g/mol. The van der Waals surface area contributed by atoms with Crippen molar-refractivity contribution in [3.8, 4) is 11.5 Å². The fourth-order valence-corrected chi connectivity index (χ4v) is 2.54. The van der Waals surface area contributed by atoms with Crippen LogP contribution in [0.4, 0.5) is 0 Å². The van der Waals surface area contributed by atoms with Crippen molar-refractivity contribution in [1.82, 2.24) is 15.3 Å². The monoisotopic (exact) mass is 339 g/mol. The molecule has 2 N–H and O–H groups in total. The van der Waals surface area contributed by atoms with Crippen LogP contribution in [0.25, 0.3) is 11.0 Å². The summed E-state index contributed by atoms with van der Waals surface area (Å²) in [6.07, 6.45) is 3.02. The van der Waals surface area contributed by atoms with E-state index in [1.807, 2.05) is 30.3 Å². The second-order valence-corrected chi connectivity index (χ2v) is 6.28. The number of nitrogens with one attached hydrogen (secondary N) is 2. The molecular formula is C20H25N3O2. The summed E-state index contributed by atoms with van der Waals surface area (Å²) < 4.78 is 11.4. The Bertz CT molecular complexity index is 781. The molecule has 0 unspecified atom stereocenters. The molecule has 0 aliphatic heterocycles. The lowest BCUT2D eigenvalue weighted by atomic mass is 10.2. The maximum absolute atomic E-state index is 5.91. The molecule has 132 valence electrons. The van der Waals surface area contributed by atoms with Crippen molar-refractivity contribution >= 4 is 11.0 Å². The van der Waals surface area contributed by atoms with Crippen molar-refractivity contribution in [2.75, 3.05) is 13.2 Å². The first kappa shape index (κ1) is 17.5. The lowest BCUT2D eigenvalue weighted by Gasteiger charge is -2.09. The number of aromatic amines is 1. The van der Waals surface area contributed by atoms with Gasteiger partial charge in [0.05, 0.1) is 23.5 Å². The molecular weight excluding hydrogens is 314 g/mol. The summed E-state index contributed by atoms with van der Waals surface area (Å²) in [5.41, 5.74) is 3.15. The fourth-order valence-electron chi connectivity index (χ4n) is 2.54. The summed E-state index contributed by atoms with van der Waals surface area (Å²) in [6, 6.07) is 14.0. The first-order valence-electron chi connectivity index (χ1n) is 8.73. The van der Waals surface area contributed by atoms with Gasteiger partial charge in [-0.15, -0.1) is 0 Å². The normalized spacial score (nSPS) is 11.3. The number of aromatic nitrogens is 2. The first-order valence-corrected chi connectivity index (χ1v) is 8.73. The number of imidazole rings is 1. The maximum atomic E-state index is 5.91. The van der Waals surface area contributed by atoms with Crippen LogP contribution in [0.1, 0.15) is 25.8 Å². The van der Waals surface area contributed by atoms with Crippen LogP contribution in [0.15, 0.2) is 48.8 Å². The zero-order valence-corrected chi connectivity index (χ0v) is 14.8. The first-order chi connectivity index (χ1) is 12.2. The molecule has 0 radical (unpaired) electrons. The Morgan fingerprint density at radius 2 is 1.88 bits per heavy atom. The van der Waals surface area contributed by atoms with Crippen LogP contribution in [-0.4, -0.2) is 29.2 Å². The molecule has 0 saturated heterocycles. The van der Waals surface area contributed by atoms with E-state index in [0.29, 0.717) is 6.10 Å². The van der Waals surface area contributed by atoms with Crippen LogP contribution in [0.2, 0.25) is 0 Å². The predicted molar refractivity (Wildman–Crippen MR) is 100 cm³/mol. The number of nitrogens with zero attached hydrogens (tertiary/aromatic N) is 1. The van der Waals surface area contributed by atoms with Gasteiger partial charge in [0.2, 0.25) is 0 Å². The molecule has 5 heteroatoms. The van der Waals surface area contributed by atoms with Crippen LogP contribution < -0.4 is 10.1 Å². The average Bonchev–Trinajstić information content (AvgIpc) is 3.07. The van der Waals surface area contributed by atoms with Gasteiger partial charge in [-0.1, -0.05) is 12.1 Å². The highest BCUT2D eigenvalue weighted by molar-refractivity contribution is 5.76. The standard InChI is InChI=1S/C20H25N3O2/c1-15(2)24-11-3-10-21-13-16-4-6-17(7-5-16)25-18-8-9-19-20(12-18)23-14-22-19/h4-9,12,14-15,21H,3,10-11,13H2,1-2H3,(H,22,23). The van der Waals surface area contributed by atoms with Gasteiger partial charge < -0.3 is 19.8 Å². The van der Waals surface area contributed by atoms with Gasteiger partial charge in [0.25, 0.3) is 0 Å². The fraction of sp³-hybridized carbons (Fsp3) is 0.350. The highest BCUT2D eigenvalue weighted by atomic mass is 16.5. The number of H-pyrrole nitrogens is 1. The quantitative estimate of drug-likeness (QED) is 0.572. The van der Waals surface area contributed by atoms with Crippen LogP contribution in [-0.2, 0) is 11.3 Å². The summed E-state index contributed by atoms with van der Waals surface area (Å²) in [7, 11) is 0. The Balaban J connectivity index is 1.45. The molecule has 0 fully saturated rings. The third-order valence-electron chi connectivity index (χ3n) is 3.83. The largest absolute Gasteiger partial charge is 0.457 e. The highest BCUT2D eigenvalue weighted by Crippen LogP contribution is 2.24. The van der Waals surface area contributed by atoms with Crippen molar-refractivity contribution in [2.45, 2.75) is 32.9 Å². The van der Waals surface area contributed by atoms with Gasteiger partial charge in [-0.3, -0.25) is 0 Å². The molecule has 0 amide bonds. The Labute approximate surface area is 148 Å². The van der Waals surface area contributed by atoms with Gasteiger partial charge in [-0.2, -0.15) is 0 Å². The van der Waals surface area contributed by atoms with Crippen LogP contribution in [0.3, 0.4) is 0 Å². The van der Waals surface area contributed by atoms with Gasteiger partial charge in [0, 0.05) is 19.2 Å². The molecule has 3 aromatic rings. The molecule has 0 aliphatic rings. The molecule has 0 bridgehead atoms. The second-order valence-electron chi connectivity index (χ2n) is 6.28. The Hall–Kier alpha value is -2.37. The minimum Gasteiger partial charge on any atom is -0.457 e. The van der Waals surface area contributed by atoms with Crippen LogP contribution in [0.5, 0.6) is 11.5 Å². The summed E-state index contributed by atoms with van der Waals surface area (Å²) >= 11 is 0. The number of fused-ring (bicyclic) bond motifs is 1. The molecule has 25 heavy (non-hydrogen) atoms. The van der Waals surface area contributed by atoms with E-state index in [0.717, 1.165) is 48.6 Å². The SMILES string of the molecule is CC(C)OCCCNCc1ccc(Oc2ccc3nc[nH]c3c2)cc1. The smallest absolute Gasteiger partial charge is 0.129 e. The zero-order chi connectivity index (χ0) is 17.5. The molecule has 0 spiro atoms. The third kappa shape index (κ3) is 5.31. The molecule has 3 rings (SSSR count). The third-order valence-corrected chi connectivity index (χ3v) is 3.83. The minimum atomic E-state index is 0.307. The van der Waals surface area contributed by atoms with Crippen molar-refractivity contribution in [1.29, 1.82) is 0 Å².